The molecule has 0 saturated carbocycles. The van der Waals surface area contributed by atoms with Gasteiger partial charge in [-0.15, -0.1) is 0 Å². The molecule has 0 saturated heterocycles. The lowest BCUT2D eigenvalue weighted by Gasteiger charge is -2.11. The minimum atomic E-state index is -5.03. The van der Waals surface area contributed by atoms with Crippen LogP contribution in [0.15, 0.2) is 42.5 Å². The van der Waals surface area contributed by atoms with Crippen molar-refractivity contribution in [2.75, 3.05) is 0 Å². The highest BCUT2D eigenvalue weighted by atomic mass is 19.4. The van der Waals surface area contributed by atoms with Crippen LogP contribution in [-0.2, 0) is 12.4 Å². The number of rotatable bonds is 2. The monoisotopic (exact) mass is 414 g/mol. The van der Waals surface area contributed by atoms with Crippen LogP contribution in [0.5, 0.6) is 0 Å². The molecule has 0 spiro atoms. The third kappa shape index (κ3) is 3.55. The molecule has 4 rings (SSSR count). The van der Waals surface area contributed by atoms with Crippen molar-refractivity contribution in [1.29, 1.82) is 0 Å². The number of nitrogens with one attached hydrogen (secondary N) is 2. The molecule has 150 valence electrons. The quantitative estimate of drug-likeness (QED) is 0.408. The number of hydrogen-bond acceptors (Lipinski definition) is 2. The minimum absolute atomic E-state index is 0.0292. The van der Waals surface area contributed by atoms with Gasteiger partial charge in [0.2, 0.25) is 0 Å². The molecule has 0 radical (unpaired) electrons. The summed E-state index contributed by atoms with van der Waals surface area (Å²) >= 11 is 0. The Hall–Kier alpha value is -3.37. The van der Waals surface area contributed by atoms with Crippen LogP contribution < -0.4 is 0 Å². The first-order chi connectivity index (χ1) is 13.5. The Morgan fingerprint density at radius 3 is 2.14 bits per heavy atom. The summed E-state index contributed by atoms with van der Waals surface area (Å²) in [6, 6.07) is 7.38. The first kappa shape index (κ1) is 19.0. The second-order valence-corrected chi connectivity index (χ2v) is 6.17. The Kier molecular flexibility index (Phi) is 4.14. The molecule has 4 aromatic rings. The zero-order valence-electron chi connectivity index (χ0n) is 14.1. The average molecular weight is 414 g/mol. The highest BCUT2D eigenvalue weighted by Crippen LogP contribution is 2.40. The van der Waals surface area contributed by atoms with Crippen molar-refractivity contribution >= 4 is 11.0 Å². The van der Waals surface area contributed by atoms with E-state index in [4.69, 9.17) is 0 Å². The van der Waals surface area contributed by atoms with Crippen molar-refractivity contribution < 1.29 is 30.7 Å². The van der Waals surface area contributed by atoms with E-state index in [0.717, 1.165) is 0 Å². The van der Waals surface area contributed by atoms with E-state index in [1.165, 1.54) is 30.3 Å². The Labute approximate surface area is 157 Å². The molecule has 11 heteroatoms. The van der Waals surface area contributed by atoms with Crippen LogP contribution in [0.1, 0.15) is 11.1 Å². The summed E-state index contributed by atoms with van der Waals surface area (Å²) in [5.74, 6) is -0.597. The van der Waals surface area contributed by atoms with Gasteiger partial charge in [0.25, 0.3) is 0 Å². The van der Waals surface area contributed by atoms with Gasteiger partial charge in [0.05, 0.1) is 22.3 Å². The predicted octanol–water partition coefficient (Wildman–Crippen LogP) is 5.80. The van der Waals surface area contributed by atoms with Gasteiger partial charge in [-0.1, -0.05) is 0 Å². The number of alkyl halides is 6. The zero-order valence-corrected chi connectivity index (χ0v) is 14.1. The standard InChI is InChI=1S/C18H9F7N4/c19-10-3-1-8(2-4-10)12-7-14(29-28-12)16-26-13-6-9(17(20,21)22)5-11(15(13)27-16)18(23,24)25/h1-7H,(H,26,27)(H,28,29). The third-order valence-corrected chi connectivity index (χ3v) is 4.20. The Bertz CT molecular complexity index is 1180. The molecule has 2 aromatic heterocycles. The van der Waals surface area contributed by atoms with Crippen molar-refractivity contribution in [1.82, 2.24) is 20.2 Å². The van der Waals surface area contributed by atoms with Crippen LogP contribution in [0, 0.1) is 5.82 Å². The van der Waals surface area contributed by atoms with Crippen molar-refractivity contribution in [2.24, 2.45) is 0 Å². The normalized spacial score (nSPS) is 12.7. The second-order valence-electron chi connectivity index (χ2n) is 6.17. The molecule has 2 heterocycles. The summed E-state index contributed by atoms with van der Waals surface area (Å²) in [6.07, 6.45) is -9.99. The van der Waals surface area contributed by atoms with Crippen molar-refractivity contribution in [3.63, 3.8) is 0 Å². The second kappa shape index (κ2) is 6.33. The lowest BCUT2D eigenvalue weighted by Crippen LogP contribution is -2.11. The Morgan fingerprint density at radius 2 is 1.52 bits per heavy atom. The number of halogens is 7. The van der Waals surface area contributed by atoms with Gasteiger partial charge in [0, 0.05) is 0 Å². The first-order valence-corrected chi connectivity index (χ1v) is 8.02. The van der Waals surface area contributed by atoms with E-state index in [-0.39, 0.29) is 17.6 Å². The summed E-state index contributed by atoms with van der Waals surface area (Å²) in [6.45, 7) is 0. The molecule has 0 atom stereocenters. The summed E-state index contributed by atoms with van der Waals surface area (Å²) in [4.78, 5) is 6.27. The fourth-order valence-corrected chi connectivity index (χ4v) is 2.84. The number of aromatic nitrogens is 4. The molecule has 4 nitrogen and oxygen atoms in total. The summed E-state index contributed by atoms with van der Waals surface area (Å²) in [7, 11) is 0. The number of fused-ring (bicyclic) bond motifs is 1. The Morgan fingerprint density at radius 1 is 0.828 bits per heavy atom. The van der Waals surface area contributed by atoms with Gasteiger partial charge in [-0.25, -0.2) is 9.37 Å². The molecule has 0 aliphatic rings. The largest absolute Gasteiger partial charge is 0.418 e. The highest BCUT2D eigenvalue weighted by molar-refractivity contribution is 5.84. The van der Waals surface area contributed by atoms with Gasteiger partial charge >= 0.3 is 12.4 Å². The molecule has 0 amide bonds. The van der Waals surface area contributed by atoms with E-state index in [9.17, 15) is 30.7 Å². The van der Waals surface area contributed by atoms with E-state index in [1.54, 1.807) is 0 Å². The van der Waals surface area contributed by atoms with Gasteiger partial charge in [0.1, 0.15) is 17.0 Å². The molecule has 2 N–H and O–H groups in total. The maximum absolute atomic E-state index is 13.3. The zero-order chi connectivity index (χ0) is 21.0. The molecule has 0 aliphatic heterocycles. The van der Waals surface area contributed by atoms with Gasteiger partial charge in [-0.2, -0.15) is 31.4 Å². The van der Waals surface area contributed by atoms with Crippen LogP contribution >= 0.6 is 0 Å². The van der Waals surface area contributed by atoms with E-state index in [2.05, 4.69) is 20.2 Å². The van der Waals surface area contributed by atoms with E-state index in [1.807, 2.05) is 0 Å². The number of benzene rings is 2. The van der Waals surface area contributed by atoms with Gasteiger partial charge < -0.3 is 4.98 Å². The van der Waals surface area contributed by atoms with Crippen molar-refractivity contribution in [3.05, 3.63) is 59.4 Å². The molecular formula is C18H9F7N4. The van der Waals surface area contributed by atoms with Crippen molar-refractivity contribution in [3.8, 4) is 22.8 Å². The smallest absolute Gasteiger partial charge is 0.337 e. The molecule has 0 aliphatic carbocycles. The summed E-state index contributed by atoms with van der Waals surface area (Å²) < 4.78 is 91.8. The SMILES string of the molecule is Fc1ccc(-c2cc(-c3nc4c(C(F)(F)F)cc(C(F)(F)F)cc4[nH]3)n[nH]2)cc1. The first-order valence-electron chi connectivity index (χ1n) is 8.02. The van der Waals surface area contributed by atoms with Crippen LogP contribution in [0.4, 0.5) is 30.7 Å². The number of hydrogen-bond donors (Lipinski definition) is 2. The van der Waals surface area contributed by atoms with Gasteiger partial charge in [-0.05, 0) is 48.0 Å². The van der Waals surface area contributed by atoms with E-state index < -0.39 is 40.3 Å². The van der Waals surface area contributed by atoms with Gasteiger partial charge in [-0.3, -0.25) is 5.10 Å². The Balaban J connectivity index is 1.83. The molecular weight excluding hydrogens is 405 g/mol. The molecule has 2 aromatic carbocycles. The number of H-pyrrole nitrogens is 2. The van der Waals surface area contributed by atoms with Crippen LogP contribution in [0.3, 0.4) is 0 Å². The molecule has 0 unspecified atom stereocenters. The topological polar surface area (TPSA) is 57.4 Å². The number of aromatic amines is 2. The predicted molar refractivity (Wildman–Crippen MR) is 89.1 cm³/mol. The van der Waals surface area contributed by atoms with E-state index in [0.29, 0.717) is 17.3 Å². The molecule has 0 fully saturated rings. The fourth-order valence-electron chi connectivity index (χ4n) is 2.84. The summed E-state index contributed by atoms with van der Waals surface area (Å²) in [5, 5.41) is 6.56. The van der Waals surface area contributed by atoms with Crippen LogP contribution in [0.2, 0.25) is 0 Å². The van der Waals surface area contributed by atoms with Crippen LogP contribution in [0.25, 0.3) is 33.8 Å². The highest BCUT2D eigenvalue weighted by Gasteiger charge is 2.39. The fraction of sp³-hybridized carbons (Fsp3) is 0.111. The maximum atomic E-state index is 13.3. The molecule has 0 bridgehead atoms. The average Bonchev–Trinajstić information content (AvgIpc) is 3.26. The lowest BCUT2D eigenvalue weighted by atomic mass is 10.1. The van der Waals surface area contributed by atoms with Crippen LogP contribution in [-0.4, -0.2) is 20.2 Å². The number of nitrogens with zero attached hydrogens (tertiary/aromatic N) is 2. The summed E-state index contributed by atoms with van der Waals surface area (Å²) in [5.41, 5.74) is -2.95. The molecule has 29 heavy (non-hydrogen) atoms. The van der Waals surface area contributed by atoms with E-state index >= 15 is 0 Å². The third-order valence-electron chi connectivity index (χ3n) is 4.20. The number of imidazole rings is 1. The maximum Gasteiger partial charge on any atom is 0.418 e. The van der Waals surface area contributed by atoms with Gasteiger partial charge in [0.15, 0.2) is 5.82 Å². The lowest BCUT2D eigenvalue weighted by molar-refractivity contribution is -0.142. The van der Waals surface area contributed by atoms with Crippen molar-refractivity contribution in [2.45, 2.75) is 12.4 Å². The minimum Gasteiger partial charge on any atom is -0.337 e.